The Morgan fingerprint density at radius 2 is 2.18 bits per heavy atom. The van der Waals surface area contributed by atoms with Gasteiger partial charge < -0.3 is 11.1 Å². The molecule has 0 saturated carbocycles. The third kappa shape index (κ3) is 3.78. The summed E-state index contributed by atoms with van der Waals surface area (Å²) in [5, 5.41) is 2.58. The summed E-state index contributed by atoms with van der Waals surface area (Å²) in [5.41, 5.74) is 5.67. The number of benzene rings is 1. The molecule has 1 aromatic rings. The third-order valence-corrected chi connectivity index (χ3v) is 2.62. The van der Waals surface area contributed by atoms with Gasteiger partial charge in [0, 0.05) is 30.6 Å². The lowest BCUT2D eigenvalue weighted by Crippen LogP contribution is -2.34. The minimum Gasteiger partial charge on any atom is -0.352 e. The van der Waals surface area contributed by atoms with Crippen LogP contribution in [0.15, 0.2) is 18.2 Å². The van der Waals surface area contributed by atoms with E-state index in [0.29, 0.717) is 6.42 Å². The molecule has 3 nitrogen and oxygen atoms in total. The van der Waals surface area contributed by atoms with Gasteiger partial charge in [0.15, 0.2) is 0 Å². The Hall–Kier alpha value is -1.49. The van der Waals surface area contributed by atoms with Crippen LogP contribution in [0.1, 0.15) is 18.9 Å². The minimum atomic E-state index is -0.661. The molecule has 0 aromatic heterocycles. The van der Waals surface area contributed by atoms with Gasteiger partial charge in [-0.15, -0.1) is 0 Å². The maximum atomic E-state index is 13.2. The van der Waals surface area contributed by atoms with E-state index in [9.17, 15) is 13.6 Å². The van der Waals surface area contributed by atoms with E-state index in [4.69, 9.17) is 5.73 Å². The van der Waals surface area contributed by atoms with Crippen molar-refractivity contribution in [3.05, 3.63) is 35.4 Å². The molecule has 0 spiro atoms. The molecular formula is C12H16F2N2O. The molecule has 0 fully saturated rings. The molecule has 1 unspecified atom stereocenters. The second-order valence-electron chi connectivity index (χ2n) is 3.79. The summed E-state index contributed by atoms with van der Waals surface area (Å²) in [6.07, 6.45) is 0.633. The van der Waals surface area contributed by atoms with E-state index in [1.54, 1.807) is 0 Å². The van der Waals surface area contributed by atoms with Gasteiger partial charge in [0.1, 0.15) is 11.6 Å². The normalized spacial score (nSPS) is 12.2. The number of carbonyl (C=O) groups excluding carboxylic acids is 1. The van der Waals surface area contributed by atoms with Crippen molar-refractivity contribution >= 4 is 5.91 Å². The van der Waals surface area contributed by atoms with E-state index in [1.165, 1.54) is 6.07 Å². The van der Waals surface area contributed by atoms with Gasteiger partial charge in [-0.3, -0.25) is 4.79 Å². The maximum Gasteiger partial charge on any atom is 0.224 e. The van der Waals surface area contributed by atoms with Crippen LogP contribution in [0.5, 0.6) is 0 Å². The molecule has 5 heteroatoms. The lowest BCUT2D eigenvalue weighted by Gasteiger charge is -2.12. The lowest BCUT2D eigenvalue weighted by atomic mass is 10.1. The molecule has 1 amide bonds. The summed E-state index contributed by atoms with van der Waals surface area (Å²) in [5.74, 6) is -1.77. The molecule has 1 rings (SSSR count). The van der Waals surface area contributed by atoms with Crippen molar-refractivity contribution in [2.24, 2.45) is 11.7 Å². The van der Waals surface area contributed by atoms with E-state index >= 15 is 0 Å². The average Bonchev–Trinajstić information content (AvgIpc) is 2.29. The number of carbonyl (C=O) groups is 1. The highest BCUT2D eigenvalue weighted by Crippen LogP contribution is 2.09. The number of rotatable bonds is 5. The Labute approximate surface area is 99.0 Å². The zero-order valence-electron chi connectivity index (χ0n) is 9.67. The van der Waals surface area contributed by atoms with Crippen LogP contribution in [-0.4, -0.2) is 12.5 Å². The van der Waals surface area contributed by atoms with Gasteiger partial charge in [0.05, 0.1) is 0 Å². The first kappa shape index (κ1) is 13.6. The van der Waals surface area contributed by atoms with Crippen LogP contribution in [0.25, 0.3) is 0 Å². The molecule has 94 valence electrons. The van der Waals surface area contributed by atoms with Crippen molar-refractivity contribution in [3.63, 3.8) is 0 Å². The zero-order chi connectivity index (χ0) is 12.8. The monoisotopic (exact) mass is 242 g/mol. The number of halogens is 2. The highest BCUT2D eigenvalue weighted by molar-refractivity contribution is 5.78. The standard InChI is InChI=1S/C12H16F2N2O/c1-2-8(6-15)12(17)16-7-9-3-4-10(13)5-11(9)14/h3-5,8H,2,6-7,15H2,1H3,(H,16,17). The maximum absolute atomic E-state index is 13.2. The molecule has 0 aliphatic carbocycles. The Bertz CT molecular complexity index is 392. The first-order valence-corrected chi connectivity index (χ1v) is 5.50. The predicted molar refractivity (Wildman–Crippen MR) is 61.0 cm³/mol. The summed E-state index contributed by atoms with van der Waals surface area (Å²) in [4.78, 5) is 11.6. The van der Waals surface area contributed by atoms with Crippen LogP contribution in [0.2, 0.25) is 0 Å². The molecule has 0 heterocycles. The van der Waals surface area contributed by atoms with Crippen molar-refractivity contribution in [2.45, 2.75) is 19.9 Å². The Kier molecular flexibility index (Phi) is 5.03. The zero-order valence-corrected chi connectivity index (χ0v) is 9.67. The largest absolute Gasteiger partial charge is 0.352 e. The van der Waals surface area contributed by atoms with Crippen LogP contribution in [0, 0.1) is 17.6 Å². The summed E-state index contributed by atoms with van der Waals surface area (Å²) in [6.45, 7) is 2.16. The molecule has 0 radical (unpaired) electrons. The van der Waals surface area contributed by atoms with Crippen molar-refractivity contribution in [3.8, 4) is 0 Å². The molecule has 17 heavy (non-hydrogen) atoms. The fourth-order valence-electron chi connectivity index (χ4n) is 1.45. The number of nitrogens with two attached hydrogens (primary N) is 1. The van der Waals surface area contributed by atoms with Crippen LogP contribution in [0.4, 0.5) is 8.78 Å². The van der Waals surface area contributed by atoms with Gasteiger partial charge in [-0.2, -0.15) is 0 Å². The molecule has 0 aliphatic rings. The van der Waals surface area contributed by atoms with Crippen LogP contribution in [0.3, 0.4) is 0 Å². The van der Waals surface area contributed by atoms with Gasteiger partial charge in [0.25, 0.3) is 0 Å². The Morgan fingerprint density at radius 1 is 1.47 bits per heavy atom. The minimum absolute atomic E-state index is 0.0431. The summed E-state index contributed by atoms with van der Waals surface area (Å²) >= 11 is 0. The Balaban J connectivity index is 2.58. The van der Waals surface area contributed by atoms with Crippen molar-refractivity contribution in [1.82, 2.24) is 5.32 Å². The predicted octanol–water partition coefficient (Wildman–Crippen LogP) is 1.57. The van der Waals surface area contributed by atoms with Gasteiger partial charge in [-0.1, -0.05) is 13.0 Å². The SMILES string of the molecule is CCC(CN)C(=O)NCc1ccc(F)cc1F. The third-order valence-electron chi connectivity index (χ3n) is 2.62. The number of nitrogens with one attached hydrogen (secondary N) is 1. The van der Waals surface area contributed by atoms with Gasteiger partial charge in [0.2, 0.25) is 5.91 Å². The summed E-state index contributed by atoms with van der Waals surface area (Å²) in [6, 6.07) is 3.26. The molecule has 0 bridgehead atoms. The molecule has 0 saturated heterocycles. The van der Waals surface area contributed by atoms with Crippen LogP contribution >= 0.6 is 0 Å². The average molecular weight is 242 g/mol. The van der Waals surface area contributed by atoms with E-state index in [2.05, 4.69) is 5.32 Å². The molecule has 1 atom stereocenters. The molecular weight excluding hydrogens is 226 g/mol. The van der Waals surface area contributed by atoms with Gasteiger partial charge in [-0.25, -0.2) is 8.78 Å². The first-order valence-electron chi connectivity index (χ1n) is 5.50. The van der Waals surface area contributed by atoms with E-state index in [-0.39, 0.29) is 30.5 Å². The van der Waals surface area contributed by atoms with Crippen molar-refractivity contribution in [2.75, 3.05) is 6.54 Å². The topological polar surface area (TPSA) is 55.1 Å². The van der Waals surface area contributed by atoms with E-state index < -0.39 is 11.6 Å². The number of hydrogen-bond donors (Lipinski definition) is 2. The van der Waals surface area contributed by atoms with Crippen LogP contribution < -0.4 is 11.1 Å². The fourth-order valence-corrected chi connectivity index (χ4v) is 1.45. The highest BCUT2D eigenvalue weighted by atomic mass is 19.1. The van der Waals surface area contributed by atoms with Crippen molar-refractivity contribution < 1.29 is 13.6 Å². The van der Waals surface area contributed by atoms with Gasteiger partial charge >= 0.3 is 0 Å². The molecule has 1 aromatic carbocycles. The fraction of sp³-hybridized carbons (Fsp3) is 0.417. The van der Waals surface area contributed by atoms with Gasteiger partial charge in [-0.05, 0) is 12.5 Å². The second kappa shape index (κ2) is 6.30. The number of amides is 1. The first-order chi connectivity index (χ1) is 8.08. The van der Waals surface area contributed by atoms with Crippen molar-refractivity contribution in [1.29, 1.82) is 0 Å². The number of hydrogen-bond acceptors (Lipinski definition) is 2. The van der Waals surface area contributed by atoms with E-state index in [1.807, 2.05) is 6.92 Å². The highest BCUT2D eigenvalue weighted by Gasteiger charge is 2.14. The molecule has 3 N–H and O–H groups in total. The summed E-state index contributed by atoms with van der Waals surface area (Å²) < 4.78 is 25.9. The quantitative estimate of drug-likeness (QED) is 0.823. The van der Waals surface area contributed by atoms with Crippen LogP contribution in [-0.2, 0) is 11.3 Å². The van der Waals surface area contributed by atoms with E-state index in [0.717, 1.165) is 12.1 Å². The second-order valence-corrected chi connectivity index (χ2v) is 3.79. The molecule has 0 aliphatic heterocycles. The summed E-state index contributed by atoms with van der Waals surface area (Å²) in [7, 11) is 0. The Morgan fingerprint density at radius 3 is 2.71 bits per heavy atom. The lowest BCUT2D eigenvalue weighted by molar-refractivity contribution is -0.124. The smallest absolute Gasteiger partial charge is 0.224 e.